The average molecular weight is 374 g/mol. The van der Waals surface area contributed by atoms with Gasteiger partial charge in [0.1, 0.15) is 11.0 Å². The predicted octanol–water partition coefficient (Wildman–Crippen LogP) is 2.54. The first-order valence-corrected chi connectivity index (χ1v) is 11.1. The van der Waals surface area contributed by atoms with Crippen LogP contribution in [0.15, 0.2) is 6.07 Å². The van der Waals surface area contributed by atoms with Crippen LogP contribution >= 0.6 is 0 Å². The average Bonchev–Trinajstić information content (AvgIpc) is 3.17. The smallest absolute Gasteiger partial charge is 0.307 e. The van der Waals surface area contributed by atoms with Gasteiger partial charge in [0.25, 0.3) is 0 Å². The number of nitrogens with one attached hydrogen (secondary N) is 2. The first-order chi connectivity index (χ1) is 12.5. The van der Waals surface area contributed by atoms with Gasteiger partial charge in [-0.25, -0.2) is 9.00 Å². The van der Waals surface area contributed by atoms with E-state index < -0.39 is 11.0 Å². The molecular weight excluding hydrogens is 346 g/mol. The van der Waals surface area contributed by atoms with Gasteiger partial charge in [0.2, 0.25) is 0 Å². The fraction of sp³-hybridized carbons (Fsp3) is 0.650. The maximum Gasteiger partial charge on any atom is 0.331 e. The summed E-state index contributed by atoms with van der Waals surface area (Å²) in [5, 5.41) is 3.19. The van der Waals surface area contributed by atoms with Gasteiger partial charge >= 0.3 is 6.03 Å². The molecule has 0 aromatic heterocycles. The number of urea groups is 1. The lowest BCUT2D eigenvalue weighted by molar-refractivity contribution is -0.0400. The molecule has 2 N–H and O–H groups in total. The SMILES string of the molecule is CN1CC2(CC(S(=O)NC(=O)Nc3c4c(cc5c3CCC5)CCC4)C2)C1. The Kier molecular flexibility index (Phi) is 3.90. The maximum absolute atomic E-state index is 12.5. The number of carbonyl (C=O) groups excluding carboxylic acids is 1. The number of amides is 2. The van der Waals surface area contributed by atoms with Crippen molar-refractivity contribution in [2.45, 2.75) is 56.6 Å². The van der Waals surface area contributed by atoms with E-state index in [0.29, 0.717) is 5.41 Å². The minimum atomic E-state index is -1.28. The molecule has 1 spiro atoms. The summed E-state index contributed by atoms with van der Waals surface area (Å²) in [6, 6.07) is 2.06. The van der Waals surface area contributed by atoms with Crippen LogP contribution in [0, 0.1) is 5.41 Å². The molecule has 0 bridgehead atoms. The van der Waals surface area contributed by atoms with Gasteiger partial charge in [0.05, 0.1) is 5.25 Å². The third-order valence-electron chi connectivity index (χ3n) is 6.74. The second-order valence-electron chi connectivity index (χ2n) is 8.79. The van der Waals surface area contributed by atoms with Gasteiger partial charge in [-0.1, -0.05) is 6.07 Å². The third-order valence-corrected chi connectivity index (χ3v) is 8.07. The van der Waals surface area contributed by atoms with Crippen molar-refractivity contribution in [3.63, 3.8) is 0 Å². The number of rotatable bonds is 3. The fourth-order valence-corrected chi connectivity index (χ4v) is 7.11. The van der Waals surface area contributed by atoms with Crippen LogP contribution in [0.5, 0.6) is 0 Å². The van der Waals surface area contributed by atoms with Crippen LogP contribution in [0.4, 0.5) is 10.5 Å². The summed E-state index contributed by atoms with van der Waals surface area (Å²) in [4.78, 5) is 14.8. The van der Waals surface area contributed by atoms with Crippen molar-refractivity contribution in [3.05, 3.63) is 28.3 Å². The first kappa shape index (κ1) is 16.8. The van der Waals surface area contributed by atoms with E-state index in [2.05, 4.69) is 28.1 Å². The second kappa shape index (κ2) is 6.06. The molecule has 0 radical (unpaired) electrons. The predicted molar refractivity (Wildman–Crippen MR) is 104 cm³/mol. The molecule has 1 aliphatic heterocycles. The molecule has 1 unspecified atom stereocenters. The minimum absolute atomic E-state index is 0.113. The molecule has 1 aromatic carbocycles. The Morgan fingerprint density at radius 2 is 1.73 bits per heavy atom. The molecule has 2 fully saturated rings. The number of hydrogen-bond acceptors (Lipinski definition) is 3. The highest BCUT2D eigenvalue weighted by atomic mass is 32.2. The zero-order valence-electron chi connectivity index (χ0n) is 15.4. The summed E-state index contributed by atoms with van der Waals surface area (Å²) in [7, 11) is 0.839. The number of aryl methyl sites for hydroxylation is 2. The van der Waals surface area contributed by atoms with Crippen LogP contribution in [-0.2, 0) is 36.7 Å². The third kappa shape index (κ3) is 2.69. The molecule has 1 heterocycles. The lowest BCUT2D eigenvalue weighted by atomic mass is 9.63. The van der Waals surface area contributed by atoms with E-state index in [1.165, 1.54) is 35.1 Å². The van der Waals surface area contributed by atoms with Crippen LogP contribution in [0.2, 0.25) is 0 Å². The van der Waals surface area contributed by atoms with Gasteiger partial charge in [-0.05, 0) is 86.1 Å². The van der Waals surface area contributed by atoms with Crippen molar-refractivity contribution in [3.8, 4) is 0 Å². The minimum Gasteiger partial charge on any atom is -0.307 e. The first-order valence-electron chi connectivity index (χ1n) is 9.86. The zero-order valence-corrected chi connectivity index (χ0v) is 16.2. The summed E-state index contributed by atoms with van der Waals surface area (Å²) in [5.74, 6) is 0. The number of anilines is 1. The quantitative estimate of drug-likeness (QED) is 0.856. The Balaban J connectivity index is 1.25. The highest BCUT2D eigenvalue weighted by molar-refractivity contribution is 7.84. The zero-order chi connectivity index (χ0) is 17.9. The normalized spacial score (nSPS) is 24.5. The lowest BCUT2D eigenvalue weighted by Gasteiger charge is -2.57. The Labute approximate surface area is 157 Å². The van der Waals surface area contributed by atoms with Crippen LogP contribution in [0.25, 0.3) is 0 Å². The van der Waals surface area contributed by atoms with Gasteiger partial charge in [-0.3, -0.25) is 4.72 Å². The van der Waals surface area contributed by atoms with Gasteiger partial charge in [-0.2, -0.15) is 0 Å². The van der Waals surface area contributed by atoms with Gasteiger partial charge in [-0.15, -0.1) is 0 Å². The number of hydrogen-bond donors (Lipinski definition) is 2. The number of fused-ring (bicyclic) bond motifs is 2. The van der Waals surface area contributed by atoms with E-state index in [4.69, 9.17) is 0 Å². The van der Waals surface area contributed by atoms with E-state index in [1.54, 1.807) is 0 Å². The monoisotopic (exact) mass is 373 g/mol. The van der Waals surface area contributed by atoms with Crippen LogP contribution in [0.1, 0.15) is 47.9 Å². The maximum atomic E-state index is 12.5. The van der Waals surface area contributed by atoms with Crippen LogP contribution in [0.3, 0.4) is 0 Å². The molecule has 1 atom stereocenters. The Hall–Kier alpha value is -1.40. The largest absolute Gasteiger partial charge is 0.331 e. The summed E-state index contributed by atoms with van der Waals surface area (Å²) >= 11 is 0. The number of nitrogens with zero attached hydrogens (tertiary/aromatic N) is 1. The van der Waals surface area contributed by atoms with Crippen molar-refractivity contribution in [2.24, 2.45) is 5.41 Å². The van der Waals surface area contributed by atoms with Gasteiger partial charge < -0.3 is 10.2 Å². The van der Waals surface area contributed by atoms with Crippen LogP contribution in [-0.4, -0.2) is 40.5 Å². The molecule has 4 aliphatic rings. The molecule has 140 valence electrons. The summed E-state index contributed by atoms with van der Waals surface area (Å²) in [6.45, 7) is 2.21. The topological polar surface area (TPSA) is 61.4 Å². The summed E-state index contributed by atoms with van der Waals surface area (Å²) in [6.07, 6.45) is 8.59. The number of benzene rings is 1. The van der Waals surface area contributed by atoms with Crippen molar-refractivity contribution in [1.82, 2.24) is 9.62 Å². The lowest BCUT2D eigenvalue weighted by Crippen LogP contribution is -2.63. The van der Waals surface area contributed by atoms with Crippen LogP contribution < -0.4 is 10.0 Å². The van der Waals surface area contributed by atoms with E-state index in [-0.39, 0.29) is 11.3 Å². The van der Waals surface area contributed by atoms with E-state index >= 15 is 0 Å². The molecule has 5 rings (SSSR count). The standard InChI is InChI=1S/C20H27N3O2S/c1-23-11-20(12-23)9-15(10-20)26(25)22-19(24)21-18-16-6-2-4-13(16)8-14-5-3-7-17(14)18/h8,15H,2-7,9-12H2,1H3,(H2,21,22,24). The highest BCUT2D eigenvalue weighted by Crippen LogP contribution is 2.49. The van der Waals surface area contributed by atoms with Gasteiger partial charge in [0, 0.05) is 18.8 Å². The van der Waals surface area contributed by atoms with Crippen molar-refractivity contribution >= 4 is 22.7 Å². The molecule has 5 nitrogen and oxygen atoms in total. The Morgan fingerprint density at radius 1 is 1.12 bits per heavy atom. The van der Waals surface area contributed by atoms with Crippen molar-refractivity contribution in [1.29, 1.82) is 0 Å². The molecule has 1 aromatic rings. The van der Waals surface area contributed by atoms with E-state index in [1.807, 2.05) is 0 Å². The Morgan fingerprint density at radius 3 is 2.31 bits per heavy atom. The van der Waals surface area contributed by atoms with E-state index in [0.717, 1.165) is 57.3 Å². The molecule has 3 aliphatic carbocycles. The molecule has 2 amide bonds. The molecule has 26 heavy (non-hydrogen) atoms. The second-order valence-corrected chi connectivity index (χ2v) is 10.3. The summed E-state index contributed by atoms with van der Waals surface area (Å²) in [5.41, 5.74) is 6.83. The van der Waals surface area contributed by atoms with Crippen molar-refractivity contribution < 1.29 is 9.00 Å². The molecule has 6 heteroatoms. The highest BCUT2D eigenvalue weighted by Gasteiger charge is 2.53. The van der Waals surface area contributed by atoms with Crippen molar-refractivity contribution in [2.75, 3.05) is 25.5 Å². The fourth-order valence-electron chi connectivity index (χ4n) is 5.70. The number of carbonyl (C=O) groups is 1. The molecular formula is C20H27N3O2S. The summed E-state index contributed by atoms with van der Waals surface area (Å²) < 4.78 is 15.2. The number of likely N-dealkylation sites (tertiary alicyclic amines) is 1. The van der Waals surface area contributed by atoms with Gasteiger partial charge in [0.15, 0.2) is 0 Å². The Bertz CT molecular complexity index is 760. The molecule has 1 saturated carbocycles. The van der Waals surface area contributed by atoms with E-state index in [9.17, 15) is 9.00 Å². The molecule has 1 saturated heterocycles.